The van der Waals surface area contributed by atoms with Crippen molar-refractivity contribution in [2.75, 3.05) is 12.4 Å². The molecule has 0 aliphatic rings. The van der Waals surface area contributed by atoms with Gasteiger partial charge in [0.15, 0.2) is 6.10 Å². The van der Waals surface area contributed by atoms with Crippen LogP contribution in [0, 0.1) is 27.7 Å². The lowest BCUT2D eigenvalue weighted by Gasteiger charge is -2.15. The van der Waals surface area contributed by atoms with E-state index >= 15 is 0 Å². The summed E-state index contributed by atoms with van der Waals surface area (Å²) in [6.45, 7) is 8.68. The molecular formula is C19H23NO5. The van der Waals surface area contributed by atoms with E-state index in [0.29, 0.717) is 28.5 Å². The molecule has 0 fully saturated rings. The molecule has 0 aliphatic carbocycles. The minimum Gasteiger partial charge on any atom is -0.495 e. The van der Waals surface area contributed by atoms with Crippen LogP contribution in [0.5, 0.6) is 5.75 Å². The van der Waals surface area contributed by atoms with E-state index in [-0.39, 0.29) is 0 Å². The van der Waals surface area contributed by atoms with Crippen LogP contribution in [0.4, 0.5) is 5.69 Å². The average Bonchev–Trinajstić information content (AvgIpc) is 2.80. The molecule has 1 aromatic heterocycles. The summed E-state index contributed by atoms with van der Waals surface area (Å²) in [5, 5.41) is 2.73. The fourth-order valence-electron chi connectivity index (χ4n) is 2.52. The van der Waals surface area contributed by atoms with Crippen molar-refractivity contribution in [3.8, 4) is 5.75 Å². The summed E-state index contributed by atoms with van der Waals surface area (Å²) in [5.74, 6) is 0.659. The van der Waals surface area contributed by atoms with Crippen molar-refractivity contribution in [2.24, 2.45) is 0 Å². The number of carbonyl (C=O) groups excluding carboxylic acids is 2. The third-order valence-corrected chi connectivity index (χ3v) is 4.03. The van der Waals surface area contributed by atoms with Crippen molar-refractivity contribution >= 4 is 17.6 Å². The maximum absolute atomic E-state index is 12.4. The van der Waals surface area contributed by atoms with Crippen molar-refractivity contribution in [3.63, 3.8) is 0 Å². The van der Waals surface area contributed by atoms with E-state index in [1.165, 1.54) is 14.0 Å². The van der Waals surface area contributed by atoms with Gasteiger partial charge in [0.05, 0.1) is 12.8 Å². The zero-order valence-electron chi connectivity index (χ0n) is 15.4. The van der Waals surface area contributed by atoms with E-state index in [2.05, 4.69) is 5.32 Å². The molecule has 6 nitrogen and oxygen atoms in total. The number of amides is 1. The molecule has 1 aromatic carbocycles. The first-order valence-electron chi connectivity index (χ1n) is 7.97. The predicted octanol–water partition coefficient (Wildman–Crippen LogP) is 3.71. The number of hydrogen-bond acceptors (Lipinski definition) is 5. The number of furan rings is 1. The SMILES string of the molecule is COc1ccc(C)cc1NC(=O)[C@H](C)OC(=O)c1c(C)oc(C)c1C. The van der Waals surface area contributed by atoms with E-state index in [1.54, 1.807) is 32.9 Å². The zero-order valence-corrected chi connectivity index (χ0v) is 15.4. The predicted molar refractivity (Wildman–Crippen MR) is 94.2 cm³/mol. The average molecular weight is 345 g/mol. The Labute approximate surface area is 147 Å². The lowest BCUT2D eigenvalue weighted by Crippen LogP contribution is -2.30. The molecule has 2 aromatic rings. The highest BCUT2D eigenvalue weighted by Gasteiger charge is 2.25. The Morgan fingerprint density at radius 1 is 1.12 bits per heavy atom. The Balaban J connectivity index is 2.10. The fourth-order valence-corrected chi connectivity index (χ4v) is 2.52. The van der Waals surface area contributed by atoms with Gasteiger partial charge in [-0.1, -0.05) is 6.07 Å². The lowest BCUT2D eigenvalue weighted by atomic mass is 10.1. The van der Waals surface area contributed by atoms with Crippen molar-refractivity contribution in [1.82, 2.24) is 0 Å². The zero-order chi connectivity index (χ0) is 18.7. The van der Waals surface area contributed by atoms with Crippen molar-refractivity contribution in [3.05, 3.63) is 46.4 Å². The second kappa shape index (κ2) is 7.42. The molecule has 2 rings (SSSR count). The molecule has 1 amide bonds. The molecular weight excluding hydrogens is 322 g/mol. The summed E-state index contributed by atoms with van der Waals surface area (Å²) >= 11 is 0. The van der Waals surface area contributed by atoms with Gasteiger partial charge in [0.25, 0.3) is 5.91 Å². The Morgan fingerprint density at radius 2 is 1.80 bits per heavy atom. The highest BCUT2D eigenvalue weighted by atomic mass is 16.5. The number of anilines is 1. The van der Waals surface area contributed by atoms with Gasteiger partial charge in [0.2, 0.25) is 0 Å². The van der Waals surface area contributed by atoms with Crippen LogP contribution in [-0.4, -0.2) is 25.1 Å². The summed E-state index contributed by atoms with van der Waals surface area (Å²) in [6.07, 6.45) is -0.966. The van der Waals surface area contributed by atoms with Gasteiger partial charge in [-0.05, 0) is 52.3 Å². The molecule has 1 heterocycles. The van der Waals surface area contributed by atoms with Gasteiger partial charge >= 0.3 is 5.97 Å². The molecule has 25 heavy (non-hydrogen) atoms. The molecule has 1 N–H and O–H groups in total. The van der Waals surface area contributed by atoms with Crippen LogP contribution in [0.1, 0.15) is 39.9 Å². The first-order valence-corrected chi connectivity index (χ1v) is 7.97. The van der Waals surface area contributed by atoms with Crippen LogP contribution < -0.4 is 10.1 Å². The topological polar surface area (TPSA) is 77.8 Å². The standard InChI is InChI=1S/C19H23NO5/c1-10-7-8-16(23-6)15(9-10)20-18(21)14(5)25-19(22)17-11(2)12(3)24-13(17)4/h7-9,14H,1-6H3,(H,20,21)/t14-/m0/s1. The number of aryl methyl sites for hydroxylation is 3. The molecule has 1 atom stereocenters. The quantitative estimate of drug-likeness (QED) is 0.836. The summed E-state index contributed by atoms with van der Waals surface area (Å²) in [6, 6.07) is 5.44. The number of ether oxygens (including phenoxy) is 2. The Morgan fingerprint density at radius 3 is 2.36 bits per heavy atom. The van der Waals surface area contributed by atoms with Crippen LogP contribution in [0.2, 0.25) is 0 Å². The summed E-state index contributed by atoms with van der Waals surface area (Å²) < 4.78 is 16.0. The molecule has 0 radical (unpaired) electrons. The summed E-state index contributed by atoms with van der Waals surface area (Å²) in [5.41, 5.74) is 2.59. The van der Waals surface area contributed by atoms with Crippen molar-refractivity contribution < 1.29 is 23.5 Å². The normalized spacial score (nSPS) is 11.8. The van der Waals surface area contributed by atoms with Gasteiger partial charge in [0, 0.05) is 5.56 Å². The molecule has 0 aliphatic heterocycles. The highest BCUT2D eigenvalue weighted by molar-refractivity contribution is 5.99. The van der Waals surface area contributed by atoms with Gasteiger partial charge in [-0.2, -0.15) is 0 Å². The minimum atomic E-state index is -0.966. The van der Waals surface area contributed by atoms with E-state index in [4.69, 9.17) is 13.9 Å². The highest BCUT2D eigenvalue weighted by Crippen LogP contribution is 2.26. The van der Waals surface area contributed by atoms with Gasteiger partial charge in [-0.25, -0.2) is 4.79 Å². The third-order valence-electron chi connectivity index (χ3n) is 4.03. The van der Waals surface area contributed by atoms with Crippen LogP contribution in [0.25, 0.3) is 0 Å². The number of benzene rings is 1. The number of esters is 1. The Hall–Kier alpha value is -2.76. The number of carbonyl (C=O) groups is 2. The van der Waals surface area contributed by atoms with Crippen LogP contribution in [0.15, 0.2) is 22.6 Å². The smallest absolute Gasteiger partial charge is 0.342 e. The second-order valence-electron chi connectivity index (χ2n) is 5.95. The molecule has 6 heteroatoms. The maximum Gasteiger partial charge on any atom is 0.342 e. The first-order chi connectivity index (χ1) is 11.7. The number of rotatable bonds is 5. The Bertz CT molecular complexity index is 806. The fraction of sp³-hybridized carbons (Fsp3) is 0.368. The Kier molecular flexibility index (Phi) is 5.51. The van der Waals surface area contributed by atoms with Crippen LogP contribution >= 0.6 is 0 Å². The second-order valence-corrected chi connectivity index (χ2v) is 5.95. The van der Waals surface area contributed by atoms with E-state index in [9.17, 15) is 9.59 Å². The molecule has 0 saturated heterocycles. The van der Waals surface area contributed by atoms with Gasteiger partial charge < -0.3 is 19.2 Å². The van der Waals surface area contributed by atoms with Crippen LogP contribution in [-0.2, 0) is 9.53 Å². The number of hydrogen-bond donors (Lipinski definition) is 1. The van der Waals surface area contributed by atoms with E-state index in [1.807, 2.05) is 13.0 Å². The van der Waals surface area contributed by atoms with Gasteiger partial charge in [0.1, 0.15) is 22.8 Å². The monoisotopic (exact) mass is 345 g/mol. The molecule has 0 bridgehead atoms. The van der Waals surface area contributed by atoms with E-state index in [0.717, 1.165) is 11.1 Å². The molecule has 134 valence electrons. The molecule has 0 unspecified atom stereocenters. The van der Waals surface area contributed by atoms with E-state index < -0.39 is 18.0 Å². The van der Waals surface area contributed by atoms with Crippen molar-refractivity contribution in [1.29, 1.82) is 0 Å². The first kappa shape index (κ1) is 18.6. The maximum atomic E-state index is 12.4. The van der Waals surface area contributed by atoms with Crippen LogP contribution in [0.3, 0.4) is 0 Å². The van der Waals surface area contributed by atoms with Crippen molar-refractivity contribution in [2.45, 2.75) is 40.7 Å². The third kappa shape index (κ3) is 4.02. The molecule has 0 saturated carbocycles. The summed E-state index contributed by atoms with van der Waals surface area (Å²) in [4.78, 5) is 24.7. The van der Waals surface area contributed by atoms with Gasteiger partial charge in [-0.15, -0.1) is 0 Å². The lowest BCUT2D eigenvalue weighted by molar-refractivity contribution is -0.123. The number of nitrogens with one attached hydrogen (secondary N) is 1. The summed E-state index contributed by atoms with van der Waals surface area (Å²) in [7, 11) is 1.52. The molecule has 0 spiro atoms. The minimum absolute atomic E-state index is 0.366. The number of methoxy groups -OCH3 is 1. The van der Waals surface area contributed by atoms with Gasteiger partial charge in [-0.3, -0.25) is 4.79 Å². The largest absolute Gasteiger partial charge is 0.495 e.